The first-order valence-electron chi connectivity index (χ1n) is 9.25. The zero-order valence-corrected chi connectivity index (χ0v) is 15.2. The summed E-state index contributed by atoms with van der Waals surface area (Å²) in [4.78, 5) is 6.39. The van der Waals surface area contributed by atoms with Crippen molar-refractivity contribution in [2.24, 2.45) is 0 Å². The van der Waals surface area contributed by atoms with Gasteiger partial charge in [-0.1, -0.05) is 6.07 Å². The first-order chi connectivity index (χ1) is 13.6. The Labute approximate surface area is 160 Å². The lowest BCUT2D eigenvalue weighted by Crippen LogP contribution is -2.55. The van der Waals surface area contributed by atoms with Gasteiger partial charge >= 0.3 is 0 Å². The fraction of sp³-hybridized carbons (Fsp3) is 0.316. The van der Waals surface area contributed by atoms with Gasteiger partial charge in [-0.25, -0.2) is 4.98 Å². The number of pyridine rings is 1. The van der Waals surface area contributed by atoms with E-state index in [1.54, 1.807) is 10.9 Å². The van der Waals surface area contributed by atoms with Crippen LogP contribution in [-0.4, -0.2) is 65.5 Å². The lowest BCUT2D eigenvalue weighted by molar-refractivity contribution is -0.103. The van der Waals surface area contributed by atoms with Crippen LogP contribution in [0.4, 0.5) is 5.82 Å². The topological polar surface area (TPSA) is 129 Å². The number of nitrogens with one attached hydrogen (secondary N) is 1. The molecule has 1 aromatic carbocycles. The summed E-state index contributed by atoms with van der Waals surface area (Å²) < 4.78 is 1.80. The number of β-amino-alcohol motifs (C(OH)–C–C–N with tert-alkyl or cyclic N) is 1. The number of aliphatic hydroxyl groups is 2. The third-order valence-corrected chi connectivity index (χ3v) is 5.27. The van der Waals surface area contributed by atoms with Gasteiger partial charge in [0, 0.05) is 49.4 Å². The number of fused-ring (bicyclic) bond motifs is 3. The van der Waals surface area contributed by atoms with Gasteiger partial charge in [-0.05, 0) is 18.2 Å². The number of aromatic nitrogens is 5. The molecule has 1 aliphatic rings. The van der Waals surface area contributed by atoms with Gasteiger partial charge in [0.15, 0.2) is 0 Å². The van der Waals surface area contributed by atoms with Crippen molar-refractivity contribution in [3.8, 4) is 11.3 Å². The van der Waals surface area contributed by atoms with E-state index in [4.69, 9.17) is 5.73 Å². The Balaban J connectivity index is 1.45. The molecule has 0 spiro atoms. The molecule has 1 atom stereocenters. The number of rotatable bonds is 5. The minimum absolute atomic E-state index is 0.328. The van der Waals surface area contributed by atoms with Gasteiger partial charge in [-0.3, -0.25) is 14.7 Å². The van der Waals surface area contributed by atoms with Crippen molar-refractivity contribution in [3.63, 3.8) is 0 Å². The van der Waals surface area contributed by atoms with Gasteiger partial charge in [0.1, 0.15) is 17.6 Å². The largest absolute Gasteiger partial charge is 0.390 e. The van der Waals surface area contributed by atoms with Crippen molar-refractivity contribution < 1.29 is 10.2 Å². The quantitative estimate of drug-likeness (QED) is 0.406. The molecule has 1 saturated heterocycles. The first-order valence-corrected chi connectivity index (χ1v) is 9.25. The molecule has 3 aromatic heterocycles. The van der Waals surface area contributed by atoms with Crippen LogP contribution < -0.4 is 5.73 Å². The van der Waals surface area contributed by atoms with Crippen molar-refractivity contribution >= 4 is 27.6 Å². The van der Waals surface area contributed by atoms with E-state index in [1.807, 2.05) is 35.4 Å². The van der Waals surface area contributed by atoms with Gasteiger partial charge in [-0.2, -0.15) is 10.2 Å². The molecule has 5 N–H and O–H groups in total. The molecular weight excluding hydrogens is 358 g/mol. The normalized spacial score (nSPS) is 16.6. The Hall–Kier alpha value is -3.01. The van der Waals surface area contributed by atoms with Gasteiger partial charge in [-0.15, -0.1) is 0 Å². The molecule has 4 heterocycles. The highest BCUT2D eigenvalue weighted by molar-refractivity contribution is 6.08. The molecule has 4 aromatic rings. The highest BCUT2D eigenvalue weighted by atomic mass is 16.3. The lowest BCUT2D eigenvalue weighted by Gasteiger charge is -2.39. The van der Waals surface area contributed by atoms with E-state index in [-0.39, 0.29) is 6.10 Å². The Morgan fingerprint density at radius 3 is 2.86 bits per heavy atom. The summed E-state index contributed by atoms with van der Waals surface area (Å²) in [7, 11) is 0. The maximum absolute atomic E-state index is 10.2. The Bertz CT molecular complexity index is 1130. The summed E-state index contributed by atoms with van der Waals surface area (Å²) in [6, 6.07) is 7.87. The van der Waals surface area contributed by atoms with Crippen molar-refractivity contribution in [1.82, 2.24) is 29.9 Å². The van der Waals surface area contributed by atoms with Crippen LogP contribution in [0, 0.1) is 0 Å². The molecular formula is C19H21N7O2. The van der Waals surface area contributed by atoms with Crippen LogP contribution in [0.15, 0.2) is 36.7 Å². The van der Waals surface area contributed by atoms with Gasteiger partial charge in [0.2, 0.25) is 0 Å². The van der Waals surface area contributed by atoms with Crippen LogP contribution in [0.1, 0.15) is 6.42 Å². The number of aliphatic hydroxyl groups excluding tert-OH is 2. The van der Waals surface area contributed by atoms with Crippen LogP contribution in [0.2, 0.25) is 0 Å². The van der Waals surface area contributed by atoms with E-state index in [0.29, 0.717) is 31.9 Å². The number of benzene rings is 1. The summed E-state index contributed by atoms with van der Waals surface area (Å²) in [6.45, 7) is 1.58. The number of nitrogens with zero attached hydrogens (tertiary/aromatic N) is 5. The van der Waals surface area contributed by atoms with Crippen molar-refractivity contribution in [2.75, 3.05) is 18.8 Å². The molecule has 28 heavy (non-hydrogen) atoms. The second kappa shape index (κ2) is 6.55. The third kappa shape index (κ3) is 2.89. The highest BCUT2D eigenvalue weighted by Gasteiger charge is 2.29. The average molecular weight is 379 g/mol. The predicted octanol–water partition coefficient (Wildman–Crippen LogP) is 0.942. The maximum atomic E-state index is 10.2. The minimum Gasteiger partial charge on any atom is -0.390 e. The Morgan fingerprint density at radius 1 is 1.25 bits per heavy atom. The molecule has 0 saturated carbocycles. The molecule has 9 nitrogen and oxygen atoms in total. The SMILES string of the molecule is Nc1nc2cc(-c3ccn[nH]3)ccc2c2nn(CCC(O)N3CC(O)C3)cc12. The van der Waals surface area contributed by atoms with Crippen LogP contribution in [0.5, 0.6) is 0 Å². The third-order valence-electron chi connectivity index (χ3n) is 5.27. The fourth-order valence-electron chi connectivity index (χ4n) is 3.68. The summed E-state index contributed by atoms with van der Waals surface area (Å²) in [6.07, 6.45) is 3.19. The zero-order valence-electron chi connectivity index (χ0n) is 15.2. The van der Waals surface area contributed by atoms with E-state index in [9.17, 15) is 10.2 Å². The summed E-state index contributed by atoms with van der Waals surface area (Å²) in [5.74, 6) is 0.432. The molecule has 0 radical (unpaired) electrons. The number of hydrogen-bond donors (Lipinski definition) is 4. The number of likely N-dealkylation sites (tertiary alicyclic amines) is 1. The summed E-state index contributed by atoms with van der Waals surface area (Å²) in [5, 5.41) is 32.9. The first kappa shape index (κ1) is 17.1. The molecule has 5 rings (SSSR count). The number of nitrogens with two attached hydrogens (primary N) is 1. The van der Waals surface area contributed by atoms with E-state index < -0.39 is 6.23 Å². The second-order valence-corrected chi connectivity index (χ2v) is 7.23. The number of H-pyrrole nitrogens is 1. The van der Waals surface area contributed by atoms with E-state index in [0.717, 1.165) is 33.1 Å². The minimum atomic E-state index is -0.583. The fourth-order valence-corrected chi connectivity index (χ4v) is 3.68. The molecule has 1 unspecified atom stereocenters. The van der Waals surface area contributed by atoms with Gasteiger partial charge in [0.25, 0.3) is 0 Å². The van der Waals surface area contributed by atoms with Crippen molar-refractivity contribution in [2.45, 2.75) is 25.3 Å². The van der Waals surface area contributed by atoms with Crippen LogP contribution in [0.3, 0.4) is 0 Å². The summed E-state index contributed by atoms with van der Waals surface area (Å²) >= 11 is 0. The number of nitrogen functional groups attached to an aromatic ring is 1. The number of aryl methyl sites for hydroxylation is 1. The number of anilines is 1. The van der Waals surface area contributed by atoms with E-state index in [2.05, 4.69) is 20.3 Å². The lowest BCUT2D eigenvalue weighted by atomic mass is 10.1. The molecule has 1 aliphatic heterocycles. The molecule has 0 bridgehead atoms. The van der Waals surface area contributed by atoms with Gasteiger partial charge < -0.3 is 15.9 Å². The highest BCUT2D eigenvalue weighted by Crippen LogP contribution is 2.30. The average Bonchev–Trinajstić information content (AvgIpc) is 3.33. The predicted molar refractivity (Wildman–Crippen MR) is 105 cm³/mol. The maximum Gasteiger partial charge on any atom is 0.135 e. The molecule has 0 aliphatic carbocycles. The standard InChI is InChI=1S/C19H21N7O2/c20-19-14-10-26(6-4-17(28)25-8-12(27)9-25)24-18(14)13-2-1-11(7-16(13)22-19)15-3-5-21-23-15/h1-3,5,7,10,12,17,27-28H,4,6,8-9H2,(H2,20,22)(H,21,23). The number of aromatic amines is 1. The van der Waals surface area contributed by atoms with Crippen LogP contribution in [0.25, 0.3) is 33.1 Å². The van der Waals surface area contributed by atoms with Crippen molar-refractivity contribution in [3.05, 3.63) is 36.7 Å². The Kier molecular flexibility index (Phi) is 4.00. The monoisotopic (exact) mass is 379 g/mol. The molecule has 9 heteroatoms. The molecule has 144 valence electrons. The molecule has 1 fully saturated rings. The molecule has 0 amide bonds. The van der Waals surface area contributed by atoms with E-state index in [1.165, 1.54) is 0 Å². The smallest absolute Gasteiger partial charge is 0.135 e. The van der Waals surface area contributed by atoms with Crippen LogP contribution in [-0.2, 0) is 6.54 Å². The van der Waals surface area contributed by atoms with Crippen LogP contribution >= 0.6 is 0 Å². The zero-order chi connectivity index (χ0) is 19.3. The summed E-state index contributed by atoms with van der Waals surface area (Å²) in [5.41, 5.74) is 9.65. The Morgan fingerprint density at radius 2 is 2.11 bits per heavy atom. The number of hydrogen-bond acceptors (Lipinski definition) is 7. The second-order valence-electron chi connectivity index (χ2n) is 7.23. The van der Waals surface area contributed by atoms with E-state index >= 15 is 0 Å². The van der Waals surface area contributed by atoms with Gasteiger partial charge in [0.05, 0.1) is 22.7 Å². The van der Waals surface area contributed by atoms with Crippen molar-refractivity contribution in [1.29, 1.82) is 0 Å².